The van der Waals surface area contributed by atoms with Crippen LogP contribution in [0.5, 0.6) is 0 Å². The number of amides is 1. The van der Waals surface area contributed by atoms with Crippen LogP contribution >= 0.6 is 0 Å². The highest BCUT2D eigenvalue weighted by Crippen LogP contribution is 2.30. The van der Waals surface area contributed by atoms with E-state index < -0.39 is 0 Å². The number of carbonyl (C=O) groups is 1. The quantitative estimate of drug-likeness (QED) is 0.936. The molecular formula is C17H21N5O. The SMILES string of the molecule is CC1c2ncc(CNC(=O)C3CC3)n2CCN1c1ccccn1. The summed E-state index contributed by atoms with van der Waals surface area (Å²) in [4.78, 5) is 23.1. The van der Waals surface area contributed by atoms with Gasteiger partial charge in [0, 0.05) is 25.2 Å². The van der Waals surface area contributed by atoms with Crippen molar-refractivity contribution in [2.75, 3.05) is 11.4 Å². The summed E-state index contributed by atoms with van der Waals surface area (Å²) < 4.78 is 2.23. The average Bonchev–Trinajstić information content (AvgIpc) is 3.35. The summed E-state index contributed by atoms with van der Waals surface area (Å²) in [6, 6.07) is 6.15. The predicted octanol–water partition coefficient (Wildman–Crippen LogP) is 1.89. The molecule has 6 nitrogen and oxygen atoms in total. The fourth-order valence-corrected chi connectivity index (χ4v) is 3.20. The zero-order valence-electron chi connectivity index (χ0n) is 13.3. The molecule has 2 aliphatic rings. The van der Waals surface area contributed by atoms with Crippen LogP contribution in [0.3, 0.4) is 0 Å². The van der Waals surface area contributed by atoms with E-state index in [0.717, 1.165) is 43.3 Å². The van der Waals surface area contributed by atoms with Crippen molar-refractivity contribution in [1.29, 1.82) is 0 Å². The Kier molecular flexibility index (Phi) is 3.52. The summed E-state index contributed by atoms with van der Waals surface area (Å²) in [6.07, 6.45) is 5.78. The lowest BCUT2D eigenvalue weighted by atomic mass is 10.2. The van der Waals surface area contributed by atoms with Crippen LogP contribution in [-0.4, -0.2) is 27.0 Å². The molecule has 1 N–H and O–H groups in total. The molecule has 1 fully saturated rings. The van der Waals surface area contributed by atoms with Crippen LogP contribution < -0.4 is 10.2 Å². The first-order valence-electron chi connectivity index (χ1n) is 8.23. The minimum absolute atomic E-state index is 0.173. The number of aromatic nitrogens is 3. The lowest BCUT2D eigenvalue weighted by Crippen LogP contribution is -2.38. The van der Waals surface area contributed by atoms with Gasteiger partial charge in [0.1, 0.15) is 11.6 Å². The van der Waals surface area contributed by atoms with Crippen molar-refractivity contribution in [3.05, 3.63) is 42.1 Å². The third-order valence-corrected chi connectivity index (χ3v) is 4.71. The van der Waals surface area contributed by atoms with E-state index >= 15 is 0 Å². The Hall–Kier alpha value is -2.37. The Labute approximate surface area is 135 Å². The molecule has 6 heteroatoms. The molecule has 4 rings (SSSR count). The number of fused-ring (bicyclic) bond motifs is 1. The van der Waals surface area contributed by atoms with Gasteiger partial charge in [0.05, 0.1) is 24.5 Å². The summed E-state index contributed by atoms with van der Waals surface area (Å²) in [7, 11) is 0. The lowest BCUT2D eigenvalue weighted by molar-refractivity contribution is -0.122. The summed E-state index contributed by atoms with van der Waals surface area (Å²) in [5.74, 6) is 2.45. The number of imidazole rings is 1. The van der Waals surface area contributed by atoms with Gasteiger partial charge < -0.3 is 14.8 Å². The monoisotopic (exact) mass is 311 g/mol. The molecule has 1 saturated carbocycles. The first-order chi connectivity index (χ1) is 11.2. The van der Waals surface area contributed by atoms with Gasteiger partial charge in [0.25, 0.3) is 0 Å². The third kappa shape index (κ3) is 2.69. The van der Waals surface area contributed by atoms with E-state index in [4.69, 9.17) is 0 Å². The van der Waals surface area contributed by atoms with Crippen LogP contribution in [0.1, 0.15) is 37.3 Å². The number of carbonyl (C=O) groups excluding carboxylic acids is 1. The van der Waals surface area contributed by atoms with Crippen LogP contribution in [0.25, 0.3) is 0 Å². The molecule has 0 radical (unpaired) electrons. The lowest BCUT2D eigenvalue weighted by Gasteiger charge is -2.35. The highest BCUT2D eigenvalue weighted by Gasteiger charge is 2.30. The van der Waals surface area contributed by atoms with Crippen LogP contribution in [0.4, 0.5) is 5.82 Å². The van der Waals surface area contributed by atoms with Crippen molar-refractivity contribution in [3.63, 3.8) is 0 Å². The van der Waals surface area contributed by atoms with Crippen molar-refractivity contribution < 1.29 is 4.79 Å². The number of nitrogens with zero attached hydrogens (tertiary/aromatic N) is 4. The van der Waals surface area contributed by atoms with Gasteiger partial charge in [-0.05, 0) is 31.9 Å². The average molecular weight is 311 g/mol. The number of hydrogen-bond acceptors (Lipinski definition) is 4. The van der Waals surface area contributed by atoms with E-state index in [-0.39, 0.29) is 17.9 Å². The van der Waals surface area contributed by atoms with Gasteiger partial charge in [0.15, 0.2) is 0 Å². The summed E-state index contributed by atoms with van der Waals surface area (Å²) in [6.45, 7) is 4.48. The maximum Gasteiger partial charge on any atom is 0.223 e. The van der Waals surface area contributed by atoms with E-state index in [2.05, 4.69) is 31.7 Å². The molecule has 2 aromatic rings. The summed E-state index contributed by atoms with van der Waals surface area (Å²) in [5.41, 5.74) is 1.08. The number of nitrogens with one attached hydrogen (secondary N) is 1. The largest absolute Gasteiger partial charge is 0.350 e. The van der Waals surface area contributed by atoms with E-state index in [9.17, 15) is 4.79 Å². The maximum absolute atomic E-state index is 11.8. The van der Waals surface area contributed by atoms with Crippen LogP contribution in [0, 0.1) is 5.92 Å². The van der Waals surface area contributed by atoms with Crippen molar-refractivity contribution >= 4 is 11.7 Å². The molecule has 0 saturated heterocycles. The van der Waals surface area contributed by atoms with Gasteiger partial charge >= 0.3 is 0 Å². The van der Waals surface area contributed by atoms with Crippen LogP contribution in [0.2, 0.25) is 0 Å². The molecule has 23 heavy (non-hydrogen) atoms. The molecule has 2 aromatic heterocycles. The molecule has 1 amide bonds. The normalized spacial score (nSPS) is 20.2. The van der Waals surface area contributed by atoms with Crippen molar-refractivity contribution in [3.8, 4) is 0 Å². The third-order valence-electron chi connectivity index (χ3n) is 4.71. The Balaban J connectivity index is 1.50. The summed E-state index contributed by atoms with van der Waals surface area (Å²) in [5, 5.41) is 3.03. The molecule has 120 valence electrons. The van der Waals surface area contributed by atoms with Crippen molar-refractivity contribution in [2.24, 2.45) is 5.92 Å². The van der Waals surface area contributed by atoms with Gasteiger partial charge in [-0.25, -0.2) is 9.97 Å². The first-order valence-corrected chi connectivity index (χ1v) is 8.23. The second-order valence-electron chi connectivity index (χ2n) is 6.31. The van der Waals surface area contributed by atoms with Gasteiger partial charge in [-0.3, -0.25) is 4.79 Å². The Bertz CT molecular complexity index is 707. The van der Waals surface area contributed by atoms with E-state index in [1.807, 2.05) is 30.6 Å². The zero-order valence-corrected chi connectivity index (χ0v) is 13.3. The zero-order chi connectivity index (χ0) is 15.8. The minimum Gasteiger partial charge on any atom is -0.350 e. The first kappa shape index (κ1) is 14.2. The Morgan fingerprint density at radius 3 is 2.91 bits per heavy atom. The number of hydrogen-bond donors (Lipinski definition) is 1. The Morgan fingerprint density at radius 1 is 1.30 bits per heavy atom. The maximum atomic E-state index is 11.8. The van der Waals surface area contributed by atoms with Crippen molar-refractivity contribution in [2.45, 2.75) is 38.9 Å². The minimum atomic E-state index is 0.173. The molecule has 3 heterocycles. The second kappa shape index (κ2) is 5.68. The van der Waals surface area contributed by atoms with Crippen LogP contribution in [-0.2, 0) is 17.9 Å². The molecule has 1 atom stereocenters. The van der Waals surface area contributed by atoms with Gasteiger partial charge in [-0.2, -0.15) is 0 Å². The second-order valence-corrected chi connectivity index (χ2v) is 6.31. The van der Waals surface area contributed by atoms with Gasteiger partial charge in [-0.1, -0.05) is 6.07 Å². The topological polar surface area (TPSA) is 63.1 Å². The highest BCUT2D eigenvalue weighted by molar-refractivity contribution is 5.80. The smallest absolute Gasteiger partial charge is 0.223 e. The van der Waals surface area contributed by atoms with Crippen molar-refractivity contribution in [1.82, 2.24) is 19.9 Å². The van der Waals surface area contributed by atoms with E-state index in [1.54, 1.807) is 0 Å². The number of anilines is 1. The molecule has 0 spiro atoms. The molecule has 1 aliphatic heterocycles. The molecule has 0 aromatic carbocycles. The highest BCUT2D eigenvalue weighted by atomic mass is 16.2. The number of rotatable bonds is 4. The number of pyridine rings is 1. The predicted molar refractivity (Wildman–Crippen MR) is 86.8 cm³/mol. The molecule has 0 bridgehead atoms. The Morgan fingerprint density at radius 2 is 2.17 bits per heavy atom. The molecule has 1 aliphatic carbocycles. The van der Waals surface area contributed by atoms with Crippen LogP contribution in [0.15, 0.2) is 30.6 Å². The fraction of sp³-hybridized carbons (Fsp3) is 0.471. The van der Waals surface area contributed by atoms with E-state index in [0.29, 0.717) is 6.54 Å². The standard InChI is InChI=1S/C17H21N5O/c1-12-16-19-10-14(11-20-17(23)13-5-6-13)22(16)9-8-21(12)15-4-2-3-7-18-15/h2-4,7,10,12-13H,5-6,8-9,11H2,1H3,(H,20,23). The van der Waals surface area contributed by atoms with Gasteiger partial charge in [0.2, 0.25) is 5.91 Å². The van der Waals surface area contributed by atoms with E-state index in [1.165, 1.54) is 0 Å². The molecule has 1 unspecified atom stereocenters. The fourth-order valence-electron chi connectivity index (χ4n) is 3.20. The molecular weight excluding hydrogens is 290 g/mol. The summed E-state index contributed by atoms with van der Waals surface area (Å²) >= 11 is 0. The van der Waals surface area contributed by atoms with Gasteiger partial charge in [-0.15, -0.1) is 0 Å².